The van der Waals surface area contributed by atoms with Crippen LogP contribution in [0.3, 0.4) is 0 Å². The van der Waals surface area contributed by atoms with Crippen molar-refractivity contribution in [2.75, 3.05) is 0 Å². The van der Waals surface area contributed by atoms with Crippen LogP contribution in [0.4, 0.5) is 13.2 Å². The molecule has 0 spiro atoms. The molecule has 0 radical (unpaired) electrons. The van der Waals surface area contributed by atoms with Gasteiger partial charge in [0.05, 0.1) is 16.8 Å². The molecule has 1 aliphatic rings. The van der Waals surface area contributed by atoms with E-state index >= 15 is 0 Å². The van der Waals surface area contributed by atoms with Gasteiger partial charge < -0.3 is 5.73 Å². The van der Waals surface area contributed by atoms with Crippen LogP contribution in [0.2, 0.25) is 5.02 Å². The van der Waals surface area contributed by atoms with E-state index in [1.807, 2.05) is 0 Å². The summed E-state index contributed by atoms with van der Waals surface area (Å²) in [6.07, 6.45) is -2.50. The molecule has 2 unspecified atom stereocenters. The molecule has 1 aliphatic heterocycles. The number of primary amides is 1. The van der Waals surface area contributed by atoms with Crippen LogP contribution >= 0.6 is 23.2 Å². The first-order valence-electron chi connectivity index (χ1n) is 8.12. The standard InChI is InChI=1S/C19H14Cl2F3N3O/c1-10-18(17(25)28,14(21)9-15(27-10)19(22,23)24)12-5-2-4-11(8-12)16-13(20)6-3-7-26-16/h2-10H,1H3,(H2,25,28). The summed E-state index contributed by atoms with van der Waals surface area (Å²) in [7, 11) is 0. The number of benzene rings is 1. The van der Waals surface area contributed by atoms with Gasteiger partial charge in [-0.25, -0.2) is 0 Å². The molecule has 9 heteroatoms. The van der Waals surface area contributed by atoms with E-state index in [1.165, 1.54) is 6.92 Å². The lowest BCUT2D eigenvalue weighted by Gasteiger charge is -2.37. The lowest BCUT2D eigenvalue weighted by Crippen LogP contribution is -2.51. The van der Waals surface area contributed by atoms with E-state index in [0.717, 1.165) is 0 Å². The third-order valence-corrected chi connectivity index (χ3v) is 5.34. The molecule has 4 nitrogen and oxygen atoms in total. The normalized spacial score (nSPS) is 22.4. The summed E-state index contributed by atoms with van der Waals surface area (Å²) >= 11 is 12.4. The predicted octanol–water partition coefficient (Wildman–Crippen LogP) is 4.65. The Balaban J connectivity index is 2.19. The number of carbonyl (C=O) groups excluding carboxylic acids is 1. The fourth-order valence-corrected chi connectivity index (χ4v) is 3.98. The number of nitrogens with two attached hydrogens (primary N) is 1. The van der Waals surface area contributed by atoms with Crippen molar-refractivity contribution in [3.63, 3.8) is 0 Å². The minimum Gasteiger partial charge on any atom is -0.369 e. The van der Waals surface area contributed by atoms with Crippen molar-refractivity contribution < 1.29 is 18.0 Å². The number of aromatic nitrogens is 1. The maximum Gasteiger partial charge on any atom is 0.432 e. The Morgan fingerprint density at radius 3 is 2.50 bits per heavy atom. The van der Waals surface area contributed by atoms with Crippen molar-refractivity contribution in [2.45, 2.75) is 24.6 Å². The predicted molar refractivity (Wildman–Crippen MR) is 102 cm³/mol. The van der Waals surface area contributed by atoms with Crippen LogP contribution in [-0.4, -0.2) is 28.8 Å². The third kappa shape index (κ3) is 3.29. The zero-order chi connectivity index (χ0) is 20.7. The van der Waals surface area contributed by atoms with Gasteiger partial charge in [-0.15, -0.1) is 0 Å². The van der Waals surface area contributed by atoms with Gasteiger partial charge in [0.15, 0.2) is 0 Å². The number of rotatable bonds is 3. The summed E-state index contributed by atoms with van der Waals surface area (Å²) < 4.78 is 39.3. The molecule has 2 atom stereocenters. The number of carbonyl (C=O) groups is 1. The summed E-state index contributed by atoms with van der Waals surface area (Å²) in [4.78, 5) is 20.3. The Labute approximate surface area is 168 Å². The SMILES string of the molecule is CC1N=C(C(F)(F)F)C=C(Cl)C1(C(N)=O)c1cccc(-c2ncccc2Cl)c1. The van der Waals surface area contributed by atoms with Crippen LogP contribution in [0.5, 0.6) is 0 Å². The molecule has 0 bridgehead atoms. The molecule has 28 heavy (non-hydrogen) atoms. The van der Waals surface area contributed by atoms with Crippen molar-refractivity contribution in [1.29, 1.82) is 0 Å². The van der Waals surface area contributed by atoms with Crippen molar-refractivity contribution in [2.24, 2.45) is 10.7 Å². The van der Waals surface area contributed by atoms with Crippen LogP contribution in [-0.2, 0) is 10.2 Å². The van der Waals surface area contributed by atoms with E-state index in [0.29, 0.717) is 27.9 Å². The number of nitrogens with zero attached hydrogens (tertiary/aromatic N) is 2. The van der Waals surface area contributed by atoms with E-state index in [4.69, 9.17) is 28.9 Å². The van der Waals surface area contributed by atoms with Gasteiger partial charge in [-0.3, -0.25) is 14.8 Å². The fourth-order valence-electron chi connectivity index (χ4n) is 3.29. The van der Waals surface area contributed by atoms with Gasteiger partial charge in [0, 0.05) is 16.8 Å². The van der Waals surface area contributed by atoms with Crippen molar-refractivity contribution in [1.82, 2.24) is 4.98 Å². The number of alkyl halides is 3. The minimum absolute atomic E-state index is 0.304. The highest BCUT2D eigenvalue weighted by Crippen LogP contribution is 2.44. The van der Waals surface area contributed by atoms with E-state index in [2.05, 4.69) is 9.98 Å². The highest BCUT2D eigenvalue weighted by molar-refractivity contribution is 6.35. The van der Waals surface area contributed by atoms with Gasteiger partial charge in [0.2, 0.25) is 5.91 Å². The van der Waals surface area contributed by atoms with Gasteiger partial charge in [0.25, 0.3) is 0 Å². The highest BCUT2D eigenvalue weighted by Gasteiger charge is 2.51. The second kappa shape index (κ2) is 7.22. The number of aliphatic imine (C=N–C) groups is 1. The number of allylic oxidation sites excluding steroid dienone is 1. The topological polar surface area (TPSA) is 68.3 Å². The van der Waals surface area contributed by atoms with Gasteiger partial charge in [-0.2, -0.15) is 13.2 Å². The molecular formula is C19H14Cl2F3N3O. The molecule has 0 fully saturated rings. The Bertz CT molecular complexity index is 1000. The van der Waals surface area contributed by atoms with E-state index in [9.17, 15) is 18.0 Å². The van der Waals surface area contributed by atoms with Crippen LogP contribution in [0.15, 0.2) is 58.7 Å². The zero-order valence-corrected chi connectivity index (χ0v) is 16.0. The summed E-state index contributed by atoms with van der Waals surface area (Å²) in [6, 6.07) is 8.62. The monoisotopic (exact) mass is 427 g/mol. The molecule has 2 N–H and O–H groups in total. The third-order valence-electron chi connectivity index (χ3n) is 4.63. The fraction of sp³-hybridized carbons (Fsp3) is 0.211. The molecule has 1 aromatic carbocycles. The molecule has 2 aromatic rings. The smallest absolute Gasteiger partial charge is 0.369 e. The second-order valence-corrected chi connectivity index (χ2v) is 7.08. The summed E-state index contributed by atoms with van der Waals surface area (Å²) in [5, 5.41) is 0.0302. The quantitative estimate of drug-likeness (QED) is 0.773. The molecule has 3 rings (SSSR count). The number of dihydropyridines is 1. The van der Waals surface area contributed by atoms with Gasteiger partial charge in [-0.1, -0.05) is 41.4 Å². The minimum atomic E-state index is -4.69. The van der Waals surface area contributed by atoms with Gasteiger partial charge >= 0.3 is 6.18 Å². The first kappa shape index (κ1) is 20.4. The highest BCUT2D eigenvalue weighted by atomic mass is 35.5. The van der Waals surface area contributed by atoms with Gasteiger partial charge in [-0.05, 0) is 36.8 Å². The Morgan fingerprint density at radius 1 is 1.21 bits per heavy atom. The molecule has 146 valence electrons. The van der Waals surface area contributed by atoms with Gasteiger partial charge in [0.1, 0.15) is 11.1 Å². The van der Waals surface area contributed by atoms with Crippen LogP contribution < -0.4 is 5.73 Å². The maximum atomic E-state index is 13.1. The Hall–Kier alpha value is -2.38. The average Bonchev–Trinajstić information content (AvgIpc) is 2.61. The number of pyridine rings is 1. The molecule has 1 aromatic heterocycles. The Morgan fingerprint density at radius 2 is 1.93 bits per heavy atom. The number of amides is 1. The number of hydrogen-bond donors (Lipinski definition) is 1. The molecule has 1 amide bonds. The lowest BCUT2D eigenvalue weighted by molar-refractivity contribution is -0.122. The van der Waals surface area contributed by atoms with Crippen molar-refractivity contribution in [3.8, 4) is 11.3 Å². The molecule has 0 saturated heterocycles. The molecule has 2 heterocycles. The van der Waals surface area contributed by atoms with Crippen LogP contribution in [0.25, 0.3) is 11.3 Å². The number of halogens is 5. The summed E-state index contributed by atoms with van der Waals surface area (Å²) in [5.74, 6) is -0.907. The first-order valence-corrected chi connectivity index (χ1v) is 8.88. The average molecular weight is 428 g/mol. The molecule has 0 aliphatic carbocycles. The molecular weight excluding hydrogens is 414 g/mol. The van der Waals surface area contributed by atoms with Crippen LogP contribution in [0.1, 0.15) is 12.5 Å². The second-order valence-electron chi connectivity index (χ2n) is 6.27. The van der Waals surface area contributed by atoms with E-state index in [1.54, 1.807) is 42.6 Å². The summed E-state index contributed by atoms with van der Waals surface area (Å²) in [6.45, 7) is 1.37. The maximum absolute atomic E-state index is 13.1. The summed E-state index contributed by atoms with van der Waals surface area (Å²) in [5.41, 5.74) is 4.05. The van der Waals surface area contributed by atoms with Crippen LogP contribution in [0, 0.1) is 0 Å². The Kier molecular flexibility index (Phi) is 5.25. The van der Waals surface area contributed by atoms with E-state index in [-0.39, 0.29) is 5.03 Å². The number of hydrogen-bond acceptors (Lipinski definition) is 3. The van der Waals surface area contributed by atoms with E-state index < -0.39 is 29.3 Å². The lowest BCUT2D eigenvalue weighted by atomic mass is 9.71. The molecule has 0 saturated carbocycles. The van der Waals surface area contributed by atoms with Crippen molar-refractivity contribution >= 4 is 34.8 Å². The largest absolute Gasteiger partial charge is 0.432 e. The zero-order valence-electron chi connectivity index (χ0n) is 14.5. The first-order chi connectivity index (χ1) is 13.1. The van der Waals surface area contributed by atoms with Crippen molar-refractivity contribution in [3.05, 3.63) is 64.3 Å².